The molecule has 8 heteroatoms. The first kappa shape index (κ1) is 26.5. The number of ketones is 1. The number of halogens is 3. The summed E-state index contributed by atoms with van der Waals surface area (Å²) >= 11 is 1.48. The van der Waals surface area contributed by atoms with Crippen LogP contribution in [0.3, 0.4) is 0 Å². The molecule has 0 saturated carbocycles. The van der Waals surface area contributed by atoms with E-state index in [2.05, 4.69) is 0 Å². The highest BCUT2D eigenvalue weighted by atomic mass is 32.2. The van der Waals surface area contributed by atoms with E-state index < -0.39 is 17.8 Å². The van der Waals surface area contributed by atoms with Gasteiger partial charge in [-0.25, -0.2) is 0 Å². The number of carbonyl (C=O) groups excluding carboxylic acids is 1. The molecule has 4 nitrogen and oxygen atoms in total. The zero-order valence-electron chi connectivity index (χ0n) is 19.4. The molecule has 0 aliphatic carbocycles. The van der Waals surface area contributed by atoms with Gasteiger partial charge in [-0.3, -0.25) is 9.90 Å². The third kappa shape index (κ3) is 7.96. The normalized spacial score (nSPS) is 12.3. The Morgan fingerprint density at radius 3 is 2.23 bits per heavy atom. The Morgan fingerprint density at radius 1 is 0.971 bits per heavy atom. The fraction of sp³-hybridized carbons (Fsp3) is 0.296. The van der Waals surface area contributed by atoms with Crippen molar-refractivity contribution in [3.05, 3.63) is 83.4 Å². The summed E-state index contributed by atoms with van der Waals surface area (Å²) < 4.78 is 50.2. The number of Topliss-reactive ketones (excluding diaryl/α,β-unsaturated/α-hetero) is 1. The van der Waals surface area contributed by atoms with E-state index in [0.717, 1.165) is 23.4 Å². The van der Waals surface area contributed by atoms with Gasteiger partial charge in [0.15, 0.2) is 11.5 Å². The van der Waals surface area contributed by atoms with Crippen LogP contribution in [-0.2, 0) is 11.3 Å². The molecule has 0 aromatic heterocycles. The van der Waals surface area contributed by atoms with Crippen LogP contribution in [0.15, 0.2) is 71.6 Å². The van der Waals surface area contributed by atoms with Crippen LogP contribution in [0.25, 0.3) is 0 Å². The van der Waals surface area contributed by atoms with Crippen molar-refractivity contribution in [3.8, 4) is 17.2 Å². The summed E-state index contributed by atoms with van der Waals surface area (Å²) in [4.78, 5) is 13.0. The zero-order valence-corrected chi connectivity index (χ0v) is 20.2. The number of aryl methyl sites for hydroxylation is 1. The molecule has 35 heavy (non-hydrogen) atoms. The smallest absolute Gasteiger partial charge is 0.416 e. The quantitative estimate of drug-likeness (QED) is 0.198. The van der Waals surface area contributed by atoms with Crippen LogP contribution in [0, 0.1) is 6.92 Å². The minimum Gasteiger partial charge on any atom is -0.490 e. The van der Waals surface area contributed by atoms with Crippen LogP contribution in [0.4, 0.5) is 13.2 Å². The summed E-state index contributed by atoms with van der Waals surface area (Å²) in [5, 5.41) is 11.7. The molecule has 0 amide bonds. The van der Waals surface area contributed by atoms with Gasteiger partial charge in [0.1, 0.15) is 24.2 Å². The first-order valence-corrected chi connectivity index (χ1v) is 12.1. The Balaban J connectivity index is 1.69. The van der Waals surface area contributed by atoms with Crippen molar-refractivity contribution in [2.24, 2.45) is 0 Å². The van der Waals surface area contributed by atoms with Crippen molar-refractivity contribution in [1.82, 2.24) is 0 Å². The monoisotopic (exact) mass is 503 g/mol. The first-order valence-electron chi connectivity index (χ1n) is 11.2. The van der Waals surface area contributed by atoms with Gasteiger partial charge in [-0.1, -0.05) is 6.92 Å². The molecular formula is C27H26F3O4S. The lowest BCUT2D eigenvalue weighted by Gasteiger charge is -2.20. The van der Waals surface area contributed by atoms with Crippen molar-refractivity contribution in [2.45, 2.75) is 43.9 Å². The van der Waals surface area contributed by atoms with E-state index in [9.17, 15) is 23.1 Å². The summed E-state index contributed by atoms with van der Waals surface area (Å²) in [7, 11) is 0. The van der Waals surface area contributed by atoms with Crippen LogP contribution in [-0.4, -0.2) is 24.2 Å². The number of benzene rings is 3. The molecule has 1 atom stereocenters. The fourth-order valence-corrected chi connectivity index (χ4v) is 4.20. The molecule has 1 unspecified atom stereocenters. The molecule has 0 N–H and O–H groups in total. The van der Waals surface area contributed by atoms with Crippen LogP contribution < -0.4 is 9.47 Å². The molecule has 3 aromatic carbocycles. The molecule has 3 aromatic rings. The van der Waals surface area contributed by atoms with Gasteiger partial charge < -0.3 is 9.47 Å². The maximum Gasteiger partial charge on any atom is 0.416 e. The van der Waals surface area contributed by atoms with E-state index in [1.54, 1.807) is 43.3 Å². The van der Waals surface area contributed by atoms with E-state index in [1.807, 2.05) is 6.92 Å². The second-order valence-corrected chi connectivity index (χ2v) is 9.10. The maximum absolute atomic E-state index is 12.8. The maximum atomic E-state index is 12.8. The standard InChI is InChI=1S/C27H26F3O4S/c1-3-4-26(32)19-5-9-22(10-6-19)34-23(17-35-24-13-14-25(31)18(2)15-24)16-33-21-11-7-20(8-12-21)27(28,29)30/h5-15,23H,3-4,16-17H2,1-2H3. The number of carbonyl (C=O) groups is 1. The summed E-state index contributed by atoms with van der Waals surface area (Å²) in [6.07, 6.45) is -3.62. The van der Waals surface area contributed by atoms with E-state index in [-0.39, 0.29) is 18.1 Å². The van der Waals surface area contributed by atoms with Crippen LogP contribution in [0.5, 0.6) is 17.2 Å². The van der Waals surface area contributed by atoms with Gasteiger partial charge >= 0.3 is 6.18 Å². The minimum absolute atomic E-state index is 0.0366. The van der Waals surface area contributed by atoms with Crippen molar-refractivity contribution < 1.29 is 32.5 Å². The Morgan fingerprint density at radius 2 is 1.63 bits per heavy atom. The molecule has 185 valence electrons. The number of ether oxygens (including phenoxy) is 2. The molecule has 0 fully saturated rings. The van der Waals surface area contributed by atoms with Gasteiger partial charge in [-0.2, -0.15) is 13.2 Å². The number of hydrogen-bond donors (Lipinski definition) is 0. The molecule has 0 spiro atoms. The summed E-state index contributed by atoms with van der Waals surface area (Å²) in [6, 6.07) is 16.4. The Labute approximate surface area is 207 Å². The van der Waals surface area contributed by atoms with Crippen LogP contribution in [0.2, 0.25) is 0 Å². The number of alkyl halides is 3. The third-order valence-corrected chi connectivity index (χ3v) is 6.28. The topological polar surface area (TPSA) is 55.4 Å². The lowest BCUT2D eigenvalue weighted by molar-refractivity contribution is -0.137. The van der Waals surface area contributed by atoms with Crippen molar-refractivity contribution in [2.75, 3.05) is 12.4 Å². The average Bonchev–Trinajstić information content (AvgIpc) is 2.83. The van der Waals surface area contributed by atoms with E-state index >= 15 is 0 Å². The van der Waals surface area contributed by atoms with Crippen molar-refractivity contribution >= 4 is 17.5 Å². The lowest BCUT2D eigenvalue weighted by Crippen LogP contribution is -2.27. The minimum atomic E-state index is -4.41. The highest BCUT2D eigenvalue weighted by Crippen LogP contribution is 2.31. The highest BCUT2D eigenvalue weighted by Gasteiger charge is 2.30. The van der Waals surface area contributed by atoms with Gasteiger partial charge in [0.2, 0.25) is 0 Å². The molecule has 3 rings (SSSR count). The van der Waals surface area contributed by atoms with Gasteiger partial charge in [0.05, 0.1) is 5.56 Å². The molecule has 0 bridgehead atoms. The summed E-state index contributed by atoms with van der Waals surface area (Å²) in [6.45, 7) is 3.78. The molecule has 0 aliphatic heterocycles. The Hall–Kier alpha value is -3.13. The van der Waals surface area contributed by atoms with Gasteiger partial charge in [-0.05, 0) is 85.6 Å². The molecule has 1 radical (unpaired) electrons. The average molecular weight is 504 g/mol. The number of rotatable bonds is 11. The second kappa shape index (κ2) is 12.0. The van der Waals surface area contributed by atoms with E-state index in [4.69, 9.17) is 9.47 Å². The zero-order chi connectivity index (χ0) is 25.4. The van der Waals surface area contributed by atoms with Gasteiger partial charge in [-0.15, -0.1) is 11.8 Å². The van der Waals surface area contributed by atoms with Gasteiger partial charge in [0.25, 0.3) is 0 Å². The van der Waals surface area contributed by atoms with Crippen molar-refractivity contribution in [1.29, 1.82) is 0 Å². The predicted octanol–water partition coefficient (Wildman–Crippen LogP) is 7.76. The summed E-state index contributed by atoms with van der Waals surface area (Å²) in [5.74, 6) is 1.34. The molecule has 0 saturated heterocycles. The third-order valence-electron chi connectivity index (χ3n) is 5.16. The van der Waals surface area contributed by atoms with E-state index in [1.165, 1.54) is 30.0 Å². The molecule has 0 aliphatic rings. The van der Waals surface area contributed by atoms with Crippen molar-refractivity contribution in [3.63, 3.8) is 0 Å². The second-order valence-electron chi connectivity index (χ2n) is 8.01. The highest BCUT2D eigenvalue weighted by molar-refractivity contribution is 7.99. The summed E-state index contributed by atoms with van der Waals surface area (Å²) in [5.41, 5.74) is 0.503. The molecule has 0 heterocycles. The Bertz CT molecular complexity index is 1110. The number of thioether (sulfide) groups is 1. The largest absolute Gasteiger partial charge is 0.490 e. The number of hydrogen-bond acceptors (Lipinski definition) is 4. The fourth-order valence-electron chi connectivity index (χ4n) is 3.23. The molecular weight excluding hydrogens is 477 g/mol. The van der Waals surface area contributed by atoms with Crippen LogP contribution in [0.1, 0.15) is 41.3 Å². The SMILES string of the molecule is CCCC(=O)c1ccc(OC(COc2ccc(C(F)(F)F)cc2)CSc2ccc([O])c(C)c2)cc1. The van der Waals surface area contributed by atoms with Gasteiger partial charge in [0, 0.05) is 22.6 Å². The van der Waals surface area contributed by atoms with Crippen LogP contribution >= 0.6 is 11.8 Å². The first-order chi connectivity index (χ1) is 16.7. The lowest BCUT2D eigenvalue weighted by atomic mass is 10.1. The van der Waals surface area contributed by atoms with E-state index in [0.29, 0.717) is 34.8 Å². The predicted molar refractivity (Wildman–Crippen MR) is 129 cm³/mol. The Kier molecular flexibility index (Phi) is 9.09.